The van der Waals surface area contributed by atoms with Gasteiger partial charge in [-0.25, -0.2) is 13.1 Å². The first-order valence-corrected chi connectivity index (χ1v) is 11.6. The fourth-order valence-corrected chi connectivity index (χ4v) is 4.73. The Morgan fingerprint density at radius 1 is 1.00 bits per heavy atom. The van der Waals surface area contributed by atoms with E-state index in [1.165, 1.54) is 19.2 Å². The highest BCUT2D eigenvalue weighted by atomic mass is 32.2. The highest BCUT2D eigenvalue weighted by Gasteiger charge is 2.22. The molecule has 0 heterocycles. The maximum atomic E-state index is 12.6. The van der Waals surface area contributed by atoms with Gasteiger partial charge in [0, 0.05) is 11.7 Å². The molecule has 1 unspecified atom stereocenters. The van der Waals surface area contributed by atoms with Gasteiger partial charge < -0.3 is 14.8 Å². The number of amides is 1. The molecule has 2 N–H and O–H groups in total. The first kappa shape index (κ1) is 22.1. The van der Waals surface area contributed by atoms with Crippen LogP contribution in [0, 0.1) is 0 Å². The lowest BCUT2D eigenvalue weighted by molar-refractivity contribution is -0.122. The number of para-hydroxylation sites is 2. The average molecular weight is 433 g/mol. The van der Waals surface area contributed by atoms with Gasteiger partial charge in [-0.3, -0.25) is 4.79 Å². The van der Waals surface area contributed by atoms with Gasteiger partial charge >= 0.3 is 0 Å². The first-order valence-electron chi connectivity index (χ1n) is 10.1. The number of hydrogen-bond acceptors (Lipinski definition) is 5. The Kier molecular flexibility index (Phi) is 7.33. The van der Waals surface area contributed by atoms with Crippen LogP contribution in [0.4, 0.5) is 5.69 Å². The molecule has 1 atom stereocenters. The average Bonchev–Trinajstić information content (AvgIpc) is 2.75. The molecule has 0 radical (unpaired) electrons. The van der Waals surface area contributed by atoms with Gasteiger partial charge in [-0.05, 0) is 56.2 Å². The van der Waals surface area contributed by atoms with E-state index in [-0.39, 0.29) is 16.8 Å². The molecule has 1 aliphatic carbocycles. The van der Waals surface area contributed by atoms with E-state index in [0.29, 0.717) is 17.2 Å². The number of sulfonamides is 1. The van der Waals surface area contributed by atoms with Crippen LogP contribution in [0.15, 0.2) is 53.4 Å². The molecule has 1 aliphatic rings. The Bertz CT molecular complexity index is 954. The number of anilines is 1. The Hall–Kier alpha value is -2.58. The SMILES string of the molecule is COc1ccccc1OC(C)C(=O)Nc1ccc(S(=O)(=O)NC2CCCCC2)cc1. The summed E-state index contributed by atoms with van der Waals surface area (Å²) in [6.07, 6.45) is 4.24. The highest BCUT2D eigenvalue weighted by molar-refractivity contribution is 7.89. The van der Waals surface area contributed by atoms with Crippen molar-refractivity contribution in [1.29, 1.82) is 0 Å². The summed E-state index contributed by atoms with van der Waals surface area (Å²) in [5.41, 5.74) is 0.493. The van der Waals surface area contributed by atoms with Crippen LogP contribution in [-0.4, -0.2) is 33.6 Å². The topological polar surface area (TPSA) is 93.7 Å². The van der Waals surface area contributed by atoms with Gasteiger partial charge in [0.15, 0.2) is 17.6 Å². The first-order chi connectivity index (χ1) is 14.4. The second kappa shape index (κ2) is 9.95. The third-order valence-corrected chi connectivity index (χ3v) is 6.64. The molecule has 7 nitrogen and oxygen atoms in total. The zero-order valence-corrected chi connectivity index (χ0v) is 18.1. The number of methoxy groups -OCH3 is 1. The van der Waals surface area contributed by atoms with Gasteiger partial charge in [0.1, 0.15) is 0 Å². The molecule has 8 heteroatoms. The molecule has 0 bridgehead atoms. The van der Waals surface area contributed by atoms with Gasteiger partial charge in [-0.1, -0.05) is 31.4 Å². The van der Waals surface area contributed by atoms with Crippen molar-refractivity contribution in [3.63, 3.8) is 0 Å². The molecule has 0 spiro atoms. The zero-order chi connectivity index (χ0) is 21.6. The van der Waals surface area contributed by atoms with Crippen LogP contribution in [0.5, 0.6) is 11.5 Å². The second-order valence-corrected chi connectivity index (χ2v) is 9.09. The summed E-state index contributed by atoms with van der Waals surface area (Å²) < 4.78 is 38.8. The molecule has 162 valence electrons. The fraction of sp³-hybridized carbons (Fsp3) is 0.409. The zero-order valence-electron chi connectivity index (χ0n) is 17.3. The third kappa shape index (κ3) is 5.73. The van der Waals surface area contributed by atoms with Gasteiger partial charge in [0.2, 0.25) is 10.0 Å². The van der Waals surface area contributed by atoms with Crippen molar-refractivity contribution in [3.8, 4) is 11.5 Å². The number of benzene rings is 2. The molecule has 0 aromatic heterocycles. The van der Waals surface area contributed by atoms with Crippen molar-refractivity contribution >= 4 is 21.6 Å². The summed E-state index contributed by atoms with van der Waals surface area (Å²) >= 11 is 0. The Labute approximate surface area is 177 Å². The van der Waals surface area contributed by atoms with E-state index >= 15 is 0 Å². The van der Waals surface area contributed by atoms with E-state index in [4.69, 9.17) is 9.47 Å². The lowest BCUT2D eigenvalue weighted by Crippen LogP contribution is -2.36. The highest BCUT2D eigenvalue weighted by Crippen LogP contribution is 2.27. The van der Waals surface area contributed by atoms with E-state index in [0.717, 1.165) is 32.1 Å². The summed E-state index contributed by atoms with van der Waals surface area (Å²) in [4.78, 5) is 12.6. The van der Waals surface area contributed by atoms with Gasteiger partial charge in [0.25, 0.3) is 5.91 Å². The van der Waals surface area contributed by atoms with Crippen molar-refractivity contribution in [3.05, 3.63) is 48.5 Å². The minimum Gasteiger partial charge on any atom is -0.493 e. The predicted molar refractivity (Wildman–Crippen MR) is 115 cm³/mol. The molecule has 0 saturated heterocycles. The molecule has 1 amide bonds. The van der Waals surface area contributed by atoms with Gasteiger partial charge in [0.05, 0.1) is 12.0 Å². The van der Waals surface area contributed by atoms with E-state index in [2.05, 4.69) is 10.0 Å². The Morgan fingerprint density at radius 3 is 2.27 bits per heavy atom. The maximum absolute atomic E-state index is 12.6. The minimum absolute atomic E-state index is 0.00361. The van der Waals surface area contributed by atoms with E-state index < -0.39 is 16.1 Å². The van der Waals surface area contributed by atoms with Crippen LogP contribution >= 0.6 is 0 Å². The minimum atomic E-state index is -3.57. The van der Waals surface area contributed by atoms with Crippen LogP contribution in [0.1, 0.15) is 39.0 Å². The number of nitrogens with one attached hydrogen (secondary N) is 2. The number of hydrogen-bond donors (Lipinski definition) is 2. The quantitative estimate of drug-likeness (QED) is 0.663. The molecule has 2 aromatic rings. The molecule has 30 heavy (non-hydrogen) atoms. The van der Waals surface area contributed by atoms with Gasteiger partial charge in [-0.2, -0.15) is 0 Å². The molecular formula is C22H28N2O5S. The molecule has 1 fully saturated rings. The van der Waals surface area contributed by atoms with Crippen molar-refractivity contribution in [1.82, 2.24) is 4.72 Å². The normalized spacial score (nSPS) is 15.9. The van der Waals surface area contributed by atoms with E-state index in [9.17, 15) is 13.2 Å². The van der Waals surface area contributed by atoms with Crippen LogP contribution in [0.2, 0.25) is 0 Å². The second-order valence-electron chi connectivity index (χ2n) is 7.38. The summed E-state index contributed by atoms with van der Waals surface area (Å²) in [6.45, 7) is 1.63. The number of carbonyl (C=O) groups excluding carboxylic acids is 1. The van der Waals surface area contributed by atoms with Crippen molar-refractivity contribution in [2.24, 2.45) is 0 Å². The summed E-state index contributed by atoms with van der Waals surface area (Å²) in [5.74, 6) is 0.659. The lowest BCUT2D eigenvalue weighted by Gasteiger charge is -2.22. The predicted octanol–water partition coefficient (Wildman–Crippen LogP) is 3.71. The van der Waals surface area contributed by atoms with E-state index in [1.54, 1.807) is 37.3 Å². The van der Waals surface area contributed by atoms with Gasteiger partial charge in [-0.15, -0.1) is 0 Å². The van der Waals surface area contributed by atoms with Crippen LogP contribution < -0.4 is 19.5 Å². The molecular weight excluding hydrogens is 404 g/mol. The number of ether oxygens (including phenoxy) is 2. The maximum Gasteiger partial charge on any atom is 0.265 e. The van der Waals surface area contributed by atoms with Crippen molar-refractivity contribution in [2.75, 3.05) is 12.4 Å². The molecule has 0 aliphatic heterocycles. The summed E-state index contributed by atoms with van der Waals surface area (Å²) in [6, 6.07) is 13.2. The molecule has 1 saturated carbocycles. The van der Waals surface area contributed by atoms with Crippen LogP contribution in [0.3, 0.4) is 0 Å². The fourth-order valence-electron chi connectivity index (χ4n) is 3.43. The van der Waals surface area contributed by atoms with E-state index in [1.807, 2.05) is 6.07 Å². The van der Waals surface area contributed by atoms with Crippen molar-refractivity contribution in [2.45, 2.75) is 56.1 Å². The Balaban J connectivity index is 1.59. The Morgan fingerprint density at radius 2 is 1.63 bits per heavy atom. The smallest absolute Gasteiger partial charge is 0.265 e. The summed E-state index contributed by atoms with van der Waals surface area (Å²) in [7, 11) is -2.04. The number of rotatable bonds is 8. The van der Waals surface area contributed by atoms with Crippen LogP contribution in [0.25, 0.3) is 0 Å². The van der Waals surface area contributed by atoms with Crippen molar-refractivity contribution < 1.29 is 22.7 Å². The lowest BCUT2D eigenvalue weighted by atomic mass is 9.96. The summed E-state index contributed by atoms with van der Waals surface area (Å²) in [5, 5.41) is 2.74. The standard InChI is InChI=1S/C22H28N2O5S/c1-16(29-21-11-7-6-10-20(21)28-2)22(25)23-17-12-14-19(15-13-17)30(26,27)24-18-8-4-3-5-9-18/h6-7,10-16,18,24H,3-5,8-9H2,1-2H3,(H,23,25). The molecule has 2 aromatic carbocycles. The van der Waals surface area contributed by atoms with Crippen LogP contribution in [-0.2, 0) is 14.8 Å². The third-order valence-electron chi connectivity index (χ3n) is 5.10. The largest absolute Gasteiger partial charge is 0.493 e. The number of carbonyl (C=O) groups is 1. The molecule has 3 rings (SSSR count). The monoisotopic (exact) mass is 432 g/mol.